The van der Waals surface area contributed by atoms with Crippen LogP contribution in [0.3, 0.4) is 0 Å². The fraction of sp³-hybridized carbons (Fsp3) is 0.231. The van der Waals surface area contributed by atoms with Gasteiger partial charge in [-0.1, -0.05) is 12.1 Å². The van der Waals surface area contributed by atoms with Gasteiger partial charge in [-0.25, -0.2) is 0 Å². The molecule has 5 heteroatoms. The number of hydrogen-bond donors (Lipinski definition) is 2. The molecule has 1 aromatic heterocycles. The van der Waals surface area contributed by atoms with Crippen LogP contribution in [0.2, 0.25) is 0 Å². The second kappa shape index (κ2) is 5.69. The van der Waals surface area contributed by atoms with E-state index in [1.165, 1.54) is 0 Å². The number of carbonyl (C=O) groups is 1. The minimum absolute atomic E-state index is 0.0797. The van der Waals surface area contributed by atoms with Crippen LogP contribution in [-0.2, 0) is 5.88 Å². The summed E-state index contributed by atoms with van der Waals surface area (Å²) in [5, 5.41) is 9.48. The molecular formula is C13H14ClN3O. The van der Waals surface area contributed by atoms with Crippen LogP contribution in [0.25, 0.3) is 0 Å². The third-order valence-electron chi connectivity index (χ3n) is 2.74. The molecule has 0 aliphatic heterocycles. The van der Waals surface area contributed by atoms with Crippen molar-refractivity contribution in [1.82, 2.24) is 15.5 Å². The molecule has 1 atom stereocenters. The number of rotatable bonds is 4. The Morgan fingerprint density at radius 2 is 2.17 bits per heavy atom. The van der Waals surface area contributed by atoms with Crippen molar-refractivity contribution in [1.29, 1.82) is 0 Å². The topological polar surface area (TPSA) is 57.8 Å². The smallest absolute Gasteiger partial charge is 0.251 e. The Morgan fingerprint density at radius 1 is 1.44 bits per heavy atom. The molecule has 0 spiro atoms. The summed E-state index contributed by atoms with van der Waals surface area (Å²) in [6.45, 7) is 1.91. The quantitative estimate of drug-likeness (QED) is 0.833. The van der Waals surface area contributed by atoms with Crippen molar-refractivity contribution in [3.05, 3.63) is 53.3 Å². The number of alkyl halides is 1. The number of carbonyl (C=O) groups excluding carboxylic acids is 1. The number of halogens is 1. The number of H-pyrrole nitrogens is 1. The van der Waals surface area contributed by atoms with Crippen LogP contribution < -0.4 is 5.32 Å². The molecule has 0 radical (unpaired) electrons. The zero-order valence-corrected chi connectivity index (χ0v) is 10.7. The van der Waals surface area contributed by atoms with E-state index in [0.717, 1.165) is 11.1 Å². The van der Waals surface area contributed by atoms with Crippen molar-refractivity contribution in [2.45, 2.75) is 18.8 Å². The van der Waals surface area contributed by atoms with E-state index >= 15 is 0 Å². The van der Waals surface area contributed by atoms with Gasteiger partial charge in [0.25, 0.3) is 5.91 Å². The summed E-state index contributed by atoms with van der Waals surface area (Å²) < 4.78 is 0. The van der Waals surface area contributed by atoms with Crippen molar-refractivity contribution in [3.63, 3.8) is 0 Å². The average Bonchev–Trinajstić information content (AvgIpc) is 2.92. The summed E-state index contributed by atoms with van der Waals surface area (Å²) in [4.78, 5) is 12.0. The minimum atomic E-state index is -0.107. The molecule has 4 nitrogen and oxygen atoms in total. The van der Waals surface area contributed by atoms with Crippen LogP contribution in [0.4, 0.5) is 0 Å². The molecule has 0 aliphatic rings. The van der Waals surface area contributed by atoms with Crippen LogP contribution in [0.1, 0.15) is 34.5 Å². The van der Waals surface area contributed by atoms with E-state index in [-0.39, 0.29) is 11.9 Å². The molecule has 0 saturated heterocycles. The Morgan fingerprint density at radius 3 is 2.72 bits per heavy atom. The largest absolute Gasteiger partial charge is 0.345 e. The SMILES string of the molecule is CC(NC(=O)c1ccc(CCl)cc1)c1cn[nH]c1. The van der Waals surface area contributed by atoms with Crippen molar-refractivity contribution in [3.8, 4) is 0 Å². The highest BCUT2D eigenvalue weighted by Gasteiger charge is 2.11. The van der Waals surface area contributed by atoms with E-state index in [9.17, 15) is 4.79 Å². The van der Waals surface area contributed by atoms with Gasteiger partial charge in [-0.3, -0.25) is 9.89 Å². The van der Waals surface area contributed by atoms with E-state index in [2.05, 4.69) is 15.5 Å². The molecule has 2 rings (SSSR count). The van der Waals surface area contributed by atoms with Gasteiger partial charge >= 0.3 is 0 Å². The van der Waals surface area contributed by atoms with Crippen molar-refractivity contribution < 1.29 is 4.79 Å². The second-order valence-electron chi connectivity index (χ2n) is 4.06. The number of hydrogen-bond acceptors (Lipinski definition) is 2. The first-order valence-corrected chi connectivity index (χ1v) is 6.18. The van der Waals surface area contributed by atoms with Gasteiger partial charge in [-0.05, 0) is 24.6 Å². The van der Waals surface area contributed by atoms with Crippen molar-refractivity contribution >= 4 is 17.5 Å². The highest BCUT2D eigenvalue weighted by Crippen LogP contribution is 2.12. The lowest BCUT2D eigenvalue weighted by Gasteiger charge is -2.12. The highest BCUT2D eigenvalue weighted by atomic mass is 35.5. The van der Waals surface area contributed by atoms with Gasteiger partial charge in [-0.2, -0.15) is 5.10 Å². The molecule has 1 unspecified atom stereocenters. The summed E-state index contributed by atoms with van der Waals surface area (Å²) in [6.07, 6.45) is 3.46. The fourth-order valence-corrected chi connectivity index (χ4v) is 1.78. The van der Waals surface area contributed by atoms with Gasteiger partial charge in [0, 0.05) is 23.2 Å². The number of amides is 1. The molecule has 94 valence electrons. The van der Waals surface area contributed by atoms with Gasteiger partial charge in [-0.15, -0.1) is 11.6 Å². The molecule has 0 fully saturated rings. The molecule has 1 heterocycles. The van der Waals surface area contributed by atoms with Gasteiger partial charge in [0.1, 0.15) is 0 Å². The molecule has 2 N–H and O–H groups in total. The third kappa shape index (κ3) is 2.90. The zero-order chi connectivity index (χ0) is 13.0. The Bertz CT molecular complexity index is 508. The van der Waals surface area contributed by atoms with E-state index in [1.807, 2.05) is 19.1 Å². The lowest BCUT2D eigenvalue weighted by molar-refractivity contribution is 0.0940. The Labute approximate surface area is 110 Å². The number of nitrogens with one attached hydrogen (secondary N) is 2. The summed E-state index contributed by atoms with van der Waals surface area (Å²) in [6, 6.07) is 7.17. The maximum Gasteiger partial charge on any atom is 0.251 e. The molecule has 0 saturated carbocycles. The molecule has 1 aromatic carbocycles. The molecule has 0 bridgehead atoms. The van der Waals surface area contributed by atoms with E-state index in [4.69, 9.17) is 11.6 Å². The van der Waals surface area contributed by atoms with Gasteiger partial charge in [0.05, 0.1) is 12.2 Å². The molecule has 18 heavy (non-hydrogen) atoms. The zero-order valence-electron chi connectivity index (χ0n) is 9.98. The van der Waals surface area contributed by atoms with E-state index in [1.54, 1.807) is 24.5 Å². The van der Waals surface area contributed by atoms with Gasteiger partial charge in [0.15, 0.2) is 0 Å². The average molecular weight is 264 g/mol. The maximum absolute atomic E-state index is 12.0. The lowest BCUT2D eigenvalue weighted by Crippen LogP contribution is -2.26. The summed E-state index contributed by atoms with van der Waals surface area (Å²) in [5.41, 5.74) is 2.57. The Hall–Kier alpha value is -1.81. The first-order valence-electron chi connectivity index (χ1n) is 5.65. The number of benzene rings is 1. The van der Waals surface area contributed by atoms with Crippen LogP contribution in [0.15, 0.2) is 36.7 Å². The standard InChI is InChI=1S/C13H14ClN3O/c1-9(12-7-15-16-8-12)17-13(18)11-4-2-10(6-14)3-5-11/h2-5,7-9H,6H2,1H3,(H,15,16)(H,17,18). The van der Waals surface area contributed by atoms with E-state index in [0.29, 0.717) is 11.4 Å². The van der Waals surface area contributed by atoms with Gasteiger partial charge in [0.2, 0.25) is 0 Å². The fourth-order valence-electron chi connectivity index (χ4n) is 1.61. The minimum Gasteiger partial charge on any atom is -0.345 e. The summed E-state index contributed by atoms with van der Waals surface area (Å²) >= 11 is 5.70. The molecular weight excluding hydrogens is 250 g/mol. The Kier molecular flexibility index (Phi) is 3.99. The molecule has 1 amide bonds. The van der Waals surface area contributed by atoms with E-state index < -0.39 is 0 Å². The van der Waals surface area contributed by atoms with Gasteiger partial charge < -0.3 is 5.32 Å². The van der Waals surface area contributed by atoms with Crippen LogP contribution in [-0.4, -0.2) is 16.1 Å². The summed E-state index contributed by atoms with van der Waals surface area (Å²) in [5.74, 6) is 0.345. The van der Waals surface area contributed by atoms with Crippen LogP contribution in [0, 0.1) is 0 Å². The number of aromatic amines is 1. The summed E-state index contributed by atoms with van der Waals surface area (Å²) in [7, 11) is 0. The Balaban J connectivity index is 2.03. The maximum atomic E-state index is 12.0. The monoisotopic (exact) mass is 263 g/mol. The number of nitrogens with zero attached hydrogens (tertiary/aromatic N) is 1. The van der Waals surface area contributed by atoms with Crippen molar-refractivity contribution in [2.75, 3.05) is 0 Å². The second-order valence-corrected chi connectivity index (χ2v) is 4.32. The highest BCUT2D eigenvalue weighted by molar-refractivity contribution is 6.17. The molecule has 2 aromatic rings. The third-order valence-corrected chi connectivity index (χ3v) is 3.05. The van der Waals surface area contributed by atoms with Crippen LogP contribution >= 0.6 is 11.6 Å². The predicted molar refractivity (Wildman–Crippen MR) is 70.5 cm³/mol. The first-order chi connectivity index (χ1) is 8.70. The number of aromatic nitrogens is 2. The molecule has 0 aliphatic carbocycles. The lowest BCUT2D eigenvalue weighted by atomic mass is 10.1. The van der Waals surface area contributed by atoms with Crippen molar-refractivity contribution in [2.24, 2.45) is 0 Å². The van der Waals surface area contributed by atoms with Crippen LogP contribution in [0.5, 0.6) is 0 Å². The first kappa shape index (κ1) is 12.6. The predicted octanol–water partition coefficient (Wildman–Crippen LogP) is 2.64. The normalized spacial score (nSPS) is 12.1.